The molecule has 0 aromatic rings. The molecule has 17 heavy (non-hydrogen) atoms. The summed E-state index contributed by atoms with van der Waals surface area (Å²) in [6.45, 7) is 5.38. The van der Waals surface area contributed by atoms with Crippen molar-refractivity contribution in [1.29, 1.82) is 0 Å². The monoisotopic (exact) mass is 257 g/mol. The van der Waals surface area contributed by atoms with E-state index in [-0.39, 0.29) is 6.29 Å². The molecule has 4 heteroatoms. The fourth-order valence-corrected chi connectivity index (χ4v) is 2.33. The molecule has 0 aliphatic carbocycles. The third kappa shape index (κ3) is 4.68. The second-order valence-corrected chi connectivity index (χ2v) is 4.89. The molecule has 0 aromatic carbocycles. The highest BCUT2D eigenvalue weighted by Crippen LogP contribution is 2.17. The number of aliphatic imine (C=N–C) groups is 1. The maximum absolute atomic E-state index is 5.96. The molecule has 0 fully saturated rings. The van der Waals surface area contributed by atoms with Crippen LogP contribution in [0.2, 0.25) is 0 Å². The van der Waals surface area contributed by atoms with Crippen LogP contribution in [0, 0.1) is 0 Å². The zero-order valence-electron chi connectivity index (χ0n) is 11.2. The lowest BCUT2D eigenvalue weighted by Gasteiger charge is -2.33. The van der Waals surface area contributed by atoms with Gasteiger partial charge in [0.15, 0.2) is 6.29 Å². The van der Waals surface area contributed by atoms with Gasteiger partial charge in [0.1, 0.15) is 5.17 Å². The van der Waals surface area contributed by atoms with Crippen LogP contribution in [0.4, 0.5) is 0 Å². The fraction of sp³-hybridized carbons (Fsp3) is 0.769. The Hall–Kier alpha value is -0.540. The zero-order chi connectivity index (χ0) is 12.7. The first-order valence-corrected chi connectivity index (χ1v) is 6.92. The summed E-state index contributed by atoms with van der Waals surface area (Å²) in [5.41, 5.74) is 1.19. The van der Waals surface area contributed by atoms with Gasteiger partial charge in [0.2, 0.25) is 0 Å². The van der Waals surface area contributed by atoms with E-state index in [0.717, 1.165) is 6.54 Å². The van der Waals surface area contributed by atoms with Crippen molar-refractivity contribution < 1.29 is 0 Å². The van der Waals surface area contributed by atoms with Crippen molar-refractivity contribution in [3.8, 4) is 0 Å². The minimum absolute atomic E-state index is 0.00123. The van der Waals surface area contributed by atoms with Crippen LogP contribution >= 0.6 is 11.6 Å². The van der Waals surface area contributed by atoms with E-state index in [9.17, 15) is 0 Å². The van der Waals surface area contributed by atoms with E-state index >= 15 is 0 Å². The van der Waals surface area contributed by atoms with Crippen LogP contribution in [-0.4, -0.2) is 30.0 Å². The molecule has 0 bridgehead atoms. The fourth-order valence-electron chi connectivity index (χ4n) is 2.08. The Balaban J connectivity index is 2.38. The van der Waals surface area contributed by atoms with Crippen LogP contribution in [0.15, 0.2) is 16.8 Å². The molecular formula is C13H24ClN3. The molecule has 0 saturated carbocycles. The molecule has 1 aliphatic rings. The molecule has 1 rings (SSSR count). The summed E-state index contributed by atoms with van der Waals surface area (Å²) in [5.74, 6) is 0. The van der Waals surface area contributed by atoms with E-state index in [4.69, 9.17) is 11.6 Å². The van der Waals surface area contributed by atoms with Gasteiger partial charge in [0.05, 0.1) is 0 Å². The van der Waals surface area contributed by atoms with Crippen molar-refractivity contribution in [2.75, 3.05) is 13.6 Å². The highest BCUT2D eigenvalue weighted by atomic mass is 35.5. The average Bonchev–Trinajstić information content (AvgIpc) is 2.30. The van der Waals surface area contributed by atoms with E-state index < -0.39 is 0 Å². The lowest BCUT2D eigenvalue weighted by Crippen LogP contribution is -2.44. The predicted octanol–water partition coefficient (Wildman–Crippen LogP) is 3.32. The minimum Gasteiger partial charge on any atom is -0.341 e. The Morgan fingerprint density at radius 3 is 2.71 bits per heavy atom. The van der Waals surface area contributed by atoms with E-state index in [1.54, 1.807) is 0 Å². The quantitative estimate of drug-likeness (QED) is 0.709. The van der Waals surface area contributed by atoms with Crippen molar-refractivity contribution in [2.45, 2.75) is 52.2 Å². The van der Waals surface area contributed by atoms with Gasteiger partial charge in [-0.2, -0.15) is 0 Å². The summed E-state index contributed by atoms with van der Waals surface area (Å²) in [6, 6.07) is 0. The van der Waals surface area contributed by atoms with Crippen LogP contribution < -0.4 is 5.32 Å². The number of nitrogens with one attached hydrogen (secondary N) is 1. The lowest BCUT2D eigenvalue weighted by atomic mass is 10.1. The predicted molar refractivity (Wildman–Crippen MR) is 75.4 cm³/mol. The summed E-state index contributed by atoms with van der Waals surface area (Å²) in [6.07, 6.45) is 8.42. The van der Waals surface area contributed by atoms with Gasteiger partial charge in [-0.15, -0.1) is 0 Å². The molecule has 98 valence electrons. The molecule has 1 atom stereocenters. The average molecular weight is 258 g/mol. The molecule has 0 spiro atoms. The summed E-state index contributed by atoms with van der Waals surface area (Å²) in [7, 11) is 1.92. The summed E-state index contributed by atoms with van der Waals surface area (Å²) in [4.78, 5) is 6.64. The Kier molecular flexibility index (Phi) is 6.60. The number of nitrogens with zero attached hydrogens (tertiary/aromatic N) is 2. The molecule has 1 unspecified atom stereocenters. The van der Waals surface area contributed by atoms with Gasteiger partial charge >= 0.3 is 0 Å². The lowest BCUT2D eigenvalue weighted by molar-refractivity contribution is 0.223. The molecule has 1 aliphatic heterocycles. The number of hydrogen-bond donors (Lipinski definition) is 1. The van der Waals surface area contributed by atoms with Gasteiger partial charge in [-0.1, -0.05) is 44.2 Å². The third-order valence-corrected chi connectivity index (χ3v) is 3.29. The first-order valence-electron chi connectivity index (χ1n) is 6.54. The summed E-state index contributed by atoms with van der Waals surface area (Å²) < 4.78 is 0. The largest absolute Gasteiger partial charge is 0.341 e. The Bertz CT molecular complexity index is 286. The zero-order valence-corrected chi connectivity index (χ0v) is 11.9. The minimum atomic E-state index is -0.00123. The van der Waals surface area contributed by atoms with Crippen LogP contribution in [-0.2, 0) is 0 Å². The Morgan fingerprint density at radius 2 is 2.06 bits per heavy atom. The molecule has 0 saturated heterocycles. The molecular weight excluding hydrogens is 234 g/mol. The highest BCUT2D eigenvalue weighted by Gasteiger charge is 2.19. The van der Waals surface area contributed by atoms with E-state index in [2.05, 4.69) is 29.1 Å². The normalized spacial score (nSPS) is 20.2. The van der Waals surface area contributed by atoms with E-state index in [1.807, 2.05) is 13.1 Å². The van der Waals surface area contributed by atoms with Gasteiger partial charge in [-0.3, -0.25) is 5.32 Å². The number of halogens is 1. The van der Waals surface area contributed by atoms with Gasteiger partial charge in [-0.25, -0.2) is 4.99 Å². The van der Waals surface area contributed by atoms with Crippen molar-refractivity contribution in [2.24, 2.45) is 4.99 Å². The maximum atomic E-state index is 5.96. The Labute approximate surface area is 110 Å². The van der Waals surface area contributed by atoms with Crippen molar-refractivity contribution in [3.05, 3.63) is 11.8 Å². The van der Waals surface area contributed by atoms with Crippen LogP contribution in [0.1, 0.15) is 46.0 Å². The summed E-state index contributed by atoms with van der Waals surface area (Å²) in [5, 5.41) is 3.77. The van der Waals surface area contributed by atoms with Crippen molar-refractivity contribution in [3.63, 3.8) is 0 Å². The Morgan fingerprint density at radius 1 is 1.35 bits per heavy atom. The van der Waals surface area contributed by atoms with E-state index in [1.165, 1.54) is 37.8 Å². The van der Waals surface area contributed by atoms with Crippen LogP contribution in [0.3, 0.4) is 0 Å². The molecule has 3 nitrogen and oxygen atoms in total. The van der Waals surface area contributed by atoms with E-state index in [0.29, 0.717) is 5.17 Å². The standard InChI is InChI=1S/C13H24ClN3/c1-4-5-6-7-8-9-17-11(2)10-12(14)16-13(17)15-3/h10,13,15H,4-9H2,1-3H3. The third-order valence-electron chi connectivity index (χ3n) is 3.08. The number of rotatable bonds is 7. The van der Waals surface area contributed by atoms with Gasteiger partial charge < -0.3 is 4.90 Å². The van der Waals surface area contributed by atoms with Crippen LogP contribution in [0.25, 0.3) is 0 Å². The number of hydrogen-bond acceptors (Lipinski definition) is 3. The van der Waals surface area contributed by atoms with Gasteiger partial charge in [-0.05, 0) is 26.5 Å². The topological polar surface area (TPSA) is 27.6 Å². The first kappa shape index (κ1) is 14.5. The SMILES string of the molecule is CCCCCCCN1C(C)=CC(Cl)=NC1NC. The number of unbranched alkanes of at least 4 members (excludes halogenated alkanes) is 4. The van der Waals surface area contributed by atoms with Crippen LogP contribution in [0.5, 0.6) is 0 Å². The maximum Gasteiger partial charge on any atom is 0.177 e. The number of allylic oxidation sites excluding steroid dienone is 2. The van der Waals surface area contributed by atoms with Gasteiger partial charge in [0, 0.05) is 12.2 Å². The first-order chi connectivity index (χ1) is 8.19. The van der Waals surface area contributed by atoms with Gasteiger partial charge in [0.25, 0.3) is 0 Å². The molecule has 0 aromatic heterocycles. The second kappa shape index (κ2) is 7.72. The van der Waals surface area contributed by atoms with Crippen molar-refractivity contribution in [1.82, 2.24) is 10.2 Å². The van der Waals surface area contributed by atoms with Crippen molar-refractivity contribution >= 4 is 16.8 Å². The smallest absolute Gasteiger partial charge is 0.177 e. The highest BCUT2D eigenvalue weighted by molar-refractivity contribution is 6.68. The molecule has 0 amide bonds. The summed E-state index contributed by atoms with van der Waals surface area (Å²) >= 11 is 5.96. The molecule has 1 N–H and O–H groups in total. The molecule has 1 heterocycles. The second-order valence-electron chi connectivity index (χ2n) is 4.51. The molecule has 0 radical (unpaired) electrons.